The van der Waals surface area contributed by atoms with E-state index in [9.17, 15) is 18.0 Å². The molecule has 0 aliphatic rings. The van der Waals surface area contributed by atoms with Crippen LogP contribution in [0.5, 0.6) is 0 Å². The van der Waals surface area contributed by atoms with E-state index in [2.05, 4.69) is 10.4 Å². The summed E-state index contributed by atoms with van der Waals surface area (Å²) in [5.41, 5.74) is 2.68. The molecule has 10 heteroatoms. The molecule has 0 aliphatic carbocycles. The van der Waals surface area contributed by atoms with Crippen molar-refractivity contribution in [3.05, 3.63) is 57.0 Å². The van der Waals surface area contributed by atoms with Gasteiger partial charge in [-0.15, -0.1) is 11.3 Å². The van der Waals surface area contributed by atoms with E-state index < -0.39 is 21.5 Å². The molecule has 0 saturated heterocycles. The smallest absolute Gasteiger partial charge is 0.267 e. The number of hydrogen-bond donors (Lipinski definition) is 2. The number of carbonyl (C=O) groups excluding carboxylic acids is 1. The second-order valence-electron chi connectivity index (χ2n) is 5.67. The molecule has 3 rings (SSSR count). The van der Waals surface area contributed by atoms with Gasteiger partial charge in [0.25, 0.3) is 11.5 Å². The predicted molar refractivity (Wildman–Crippen MR) is 99.5 cm³/mol. The summed E-state index contributed by atoms with van der Waals surface area (Å²) in [5.74, 6) is -0.637. The summed E-state index contributed by atoms with van der Waals surface area (Å²) < 4.78 is 24.0. The standard InChI is InChI=1S/C16H16N4O4S2/c1-3-10-6-13-15(25-10)18-8-20(16(13)22)19-14(21)12-7-11(26(17,23)24)5-4-9(12)2/h4-8H,3H2,1-2H3,(H,19,21)(H2,17,23,24). The van der Waals surface area contributed by atoms with Crippen LogP contribution in [-0.4, -0.2) is 24.0 Å². The van der Waals surface area contributed by atoms with Crippen LogP contribution in [0.3, 0.4) is 0 Å². The molecule has 0 aliphatic heterocycles. The van der Waals surface area contributed by atoms with Crippen LogP contribution in [0.1, 0.15) is 27.7 Å². The van der Waals surface area contributed by atoms with E-state index in [0.717, 1.165) is 16.0 Å². The Hall–Kier alpha value is -2.56. The second kappa shape index (κ2) is 6.63. The monoisotopic (exact) mass is 392 g/mol. The van der Waals surface area contributed by atoms with Crippen LogP contribution in [0.4, 0.5) is 0 Å². The van der Waals surface area contributed by atoms with Gasteiger partial charge >= 0.3 is 0 Å². The lowest BCUT2D eigenvalue weighted by Gasteiger charge is -2.10. The highest BCUT2D eigenvalue weighted by molar-refractivity contribution is 7.89. The van der Waals surface area contributed by atoms with E-state index in [0.29, 0.717) is 15.8 Å². The van der Waals surface area contributed by atoms with E-state index in [1.807, 2.05) is 6.92 Å². The van der Waals surface area contributed by atoms with Gasteiger partial charge in [-0.3, -0.25) is 15.0 Å². The first-order valence-electron chi connectivity index (χ1n) is 7.65. The van der Waals surface area contributed by atoms with Gasteiger partial charge in [0.2, 0.25) is 10.0 Å². The molecule has 0 radical (unpaired) electrons. The zero-order chi connectivity index (χ0) is 19.1. The van der Waals surface area contributed by atoms with E-state index in [1.165, 1.54) is 35.9 Å². The van der Waals surface area contributed by atoms with Crippen LogP contribution in [-0.2, 0) is 16.4 Å². The molecule has 3 N–H and O–H groups in total. The van der Waals surface area contributed by atoms with Crippen LogP contribution in [0.2, 0.25) is 0 Å². The zero-order valence-corrected chi connectivity index (χ0v) is 15.6. The fourth-order valence-electron chi connectivity index (χ4n) is 2.42. The average molecular weight is 392 g/mol. The number of rotatable bonds is 4. The lowest BCUT2D eigenvalue weighted by atomic mass is 10.1. The van der Waals surface area contributed by atoms with Crippen molar-refractivity contribution < 1.29 is 13.2 Å². The number of carbonyl (C=O) groups is 1. The summed E-state index contributed by atoms with van der Waals surface area (Å²) in [4.78, 5) is 30.7. The van der Waals surface area contributed by atoms with E-state index in [1.54, 1.807) is 13.0 Å². The molecule has 0 spiro atoms. The van der Waals surface area contributed by atoms with Crippen molar-refractivity contribution >= 4 is 37.5 Å². The molecule has 2 heterocycles. The number of aryl methyl sites for hydroxylation is 2. The largest absolute Gasteiger partial charge is 0.280 e. The molecule has 0 atom stereocenters. The lowest BCUT2D eigenvalue weighted by Crippen LogP contribution is -2.33. The Kier molecular flexibility index (Phi) is 4.65. The summed E-state index contributed by atoms with van der Waals surface area (Å²) in [6, 6.07) is 5.73. The Balaban J connectivity index is 1.99. The first kappa shape index (κ1) is 18.2. The number of amides is 1. The maximum Gasteiger partial charge on any atom is 0.280 e. The average Bonchev–Trinajstić information content (AvgIpc) is 3.01. The number of thiophene rings is 1. The van der Waals surface area contributed by atoms with E-state index >= 15 is 0 Å². The third kappa shape index (κ3) is 3.39. The van der Waals surface area contributed by atoms with Crippen molar-refractivity contribution in [3.8, 4) is 0 Å². The molecular weight excluding hydrogens is 376 g/mol. The highest BCUT2D eigenvalue weighted by Gasteiger charge is 2.16. The highest BCUT2D eigenvalue weighted by Crippen LogP contribution is 2.21. The minimum Gasteiger partial charge on any atom is -0.267 e. The Morgan fingerprint density at radius 3 is 2.73 bits per heavy atom. The maximum atomic E-state index is 12.5. The fourth-order valence-corrected chi connectivity index (χ4v) is 3.88. The Morgan fingerprint density at radius 2 is 2.08 bits per heavy atom. The minimum atomic E-state index is -3.95. The number of fused-ring (bicyclic) bond motifs is 1. The molecule has 0 fully saturated rings. The maximum absolute atomic E-state index is 12.5. The van der Waals surface area contributed by atoms with E-state index in [-0.39, 0.29) is 10.5 Å². The van der Waals surface area contributed by atoms with Crippen molar-refractivity contribution in [1.82, 2.24) is 9.66 Å². The van der Waals surface area contributed by atoms with Crippen LogP contribution < -0.4 is 16.1 Å². The molecular formula is C16H16N4O4S2. The van der Waals surface area contributed by atoms with Crippen molar-refractivity contribution in [1.29, 1.82) is 0 Å². The molecule has 136 valence electrons. The first-order valence-corrected chi connectivity index (χ1v) is 10.0. The molecule has 26 heavy (non-hydrogen) atoms. The van der Waals surface area contributed by atoms with Crippen molar-refractivity contribution in [2.45, 2.75) is 25.2 Å². The molecule has 0 saturated carbocycles. The van der Waals surface area contributed by atoms with Gasteiger partial charge in [-0.25, -0.2) is 23.2 Å². The third-order valence-electron chi connectivity index (χ3n) is 3.86. The molecule has 8 nitrogen and oxygen atoms in total. The minimum absolute atomic E-state index is 0.100. The Bertz CT molecular complexity index is 1180. The Labute approximate surface area is 153 Å². The summed E-state index contributed by atoms with van der Waals surface area (Å²) in [6.45, 7) is 3.63. The number of nitrogens with two attached hydrogens (primary N) is 1. The topological polar surface area (TPSA) is 124 Å². The molecule has 3 aromatic rings. The van der Waals surface area contributed by atoms with Crippen molar-refractivity contribution in [2.24, 2.45) is 5.14 Å². The van der Waals surface area contributed by atoms with E-state index in [4.69, 9.17) is 5.14 Å². The number of benzene rings is 1. The van der Waals surface area contributed by atoms with Crippen LogP contribution in [0.25, 0.3) is 10.2 Å². The quantitative estimate of drug-likeness (QED) is 0.694. The van der Waals surface area contributed by atoms with Crippen LogP contribution >= 0.6 is 11.3 Å². The van der Waals surface area contributed by atoms with Gasteiger partial charge in [0.1, 0.15) is 11.2 Å². The number of nitrogens with one attached hydrogen (secondary N) is 1. The fraction of sp³-hybridized carbons (Fsp3) is 0.188. The van der Waals surface area contributed by atoms with Gasteiger partial charge in [0, 0.05) is 10.4 Å². The Morgan fingerprint density at radius 1 is 1.35 bits per heavy atom. The van der Waals surface area contributed by atoms with Gasteiger partial charge < -0.3 is 0 Å². The number of nitrogens with zero attached hydrogens (tertiary/aromatic N) is 2. The molecule has 0 bridgehead atoms. The first-order chi connectivity index (χ1) is 12.2. The predicted octanol–water partition coefficient (Wildman–Crippen LogP) is 1.36. The summed E-state index contributed by atoms with van der Waals surface area (Å²) >= 11 is 1.42. The van der Waals surface area contributed by atoms with Gasteiger partial charge in [-0.2, -0.15) is 0 Å². The summed E-state index contributed by atoms with van der Waals surface area (Å²) in [7, 11) is -3.95. The molecule has 1 amide bonds. The van der Waals surface area contributed by atoms with Crippen LogP contribution in [0.15, 0.2) is 40.3 Å². The van der Waals surface area contributed by atoms with Crippen molar-refractivity contribution in [2.75, 3.05) is 5.43 Å². The van der Waals surface area contributed by atoms with Crippen LogP contribution in [0, 0.1) is 6.92 Å². The second-order valence-corrected chi connectivity index (χ2v) is 8.34. The zero-order valence-electron chi connectivity index (χ0n) is 14.0. The van der Waals surface area contributed by atoms with Crippen molar-refractivity contribution in [3.63, 3.8) is 0 Å². The third-order valence-corrected chi connectivity index (χ3v) is 5.95. The molecule has 1 aromatic carbocycles. The lowest BCUT2D eigenvalue weighted by molar-refractivity contribution is 0.101. The van der Waals surface area contributed by atoms with Gasteiger partial charge in [-0.05, 0) is 37.1 Å². The molecule has 0 unspecified atom stereocenters. The molecule has 2 aromatic heterocycles. The number of sulfonamides is 1. The van der Waals surface area contributed by atoms with Gasteiger partial charge in [0.05, 0.1) is 10.3 Å². The van der Waals surface area contributed by atoms with Gasteiger partial charge in [-0.1, -0.05) is 13.0 Å². The number of hydrogen-bond acceptors (Lipinski definition) is 6. The summed E-state index contributed by atoms with van der Waals surface area (Å²) in [6.07, 6.45) is 2.02. The normalized spacial score (nSPS) is 11.7. The summed E-state index contributed by atoms with van der Waals surface area (Å²) in [5, 5.41) is 5.53. The highest BCUT2D eigenvalue weighted by atomic mass is 32.2. The number of aromatic nitrogens is 2. The van der Waals surface area contributed by atoms with Gasteiger partial charge in [0.15, 0.2) is 0 Å². The SMILES string of the molecule is CCc1cc2c(=O)n(NC(=O)c3cc(S(N)(=O)=O)ccc3C)cnc2s1. The number of primary sulfonamides is 1.